The van der Waals surface area contributed by atoms with E-state index in [-0.39, 0.29) is 97.3 Å². The first-order valence-corrected chi connectivity index (χ1v) is 0.447. The maximum Gasteiger partial charge on any atom is 0.316 e. The fourth-order valence-corrected chi connectivity index (χ4v) is 0. The van der Waals surface area contributed by atoms with Crippen LogP contribution < -0.4 is 0 Å². The van der Waals surface area contributed by atoms with Crippen LogP contribution in [0.3, 0.4) is 0 Å². The summed E-state index contributed by atoms with van der Waals surface area (Å²) in [5.74, 6) is 0. The first kappa shape index (κ1) is 35.1. The molecule has 6 heteroatoms. The fraction of sp³-hybridized carbons (Fsp3) is 0. The smallest absolute Gasteiger partial charge is 0 e. The van der Waals surface area contributed by atoms with E-state index in [9.17, 15) is 0 Å². The van der Waals surface area contributed by atoms with Crippen LogP contribution in [0.5, 0.6) is 0 Å². The van der Waals surface area contributed by atoms with Gasteiger partial charge >= 0.3 is 60.8 Å². The summed E-state index contributed by atoms with van der Waals surface area (Å²) in [6, 6.07) is 0. The van der Waals surface area contributed by atoms with Crippen molar-refractivity contribution in [3.8, 4) is 0 Å². The van der Waals surface area contributed by atoms with Gasteiger partial charge in [0.25, 0.3) is 8.05 Å². The molecule has 0 aromatic rings. The Balaban J connectivity index is -0.000000000833. The van der Waals surface area contributed by atoms with Gasteiger partial charge in [0.05, 0.1) is 0 Å². The van der Waals surface area contributed by atoms with E-state index in [4.69, 9.17) is 5.02 Å². The summed E-state index contributed by atoms with van der Waals surface area (Å²) >= 11 is 0. The second-order valence-corrected chi connectivity index (χ2v) is 0. The molecule has 0 spiro atoms. The van der Waals surface area contributed by atoms with Crippen molar-refractivity contribution < 1.29 is 41.6 Å². The van der Waals surface area contributed by atoms with Gasteiger partial charge in [-0.3, -0.25) is 0 Å². The van der Waals surface area contributed by atoms with Crippen molar-refractivity contribution in [1.29, 1.82) is 0 Å². The van der Waals surface area contributed by atoms with Gasteiger partial charge in [0.15, 0.2) is 0 Å². The summed E-state index contributed by atoms with van der Waals surface area (Å²) in [6.45, 7) is 0. The van der Waals surface area contributed by atoms with Crippen LogP contribution in [0.2, 0.25) is 0 Å². The first-order chi connectivity index (χ1) is 1.00. The van der Waals surface area contributed by atoms with Crippen LogP contribution in [0.4, 0.5) is 0 Å². The topological polar surface area (TPSA) is 20.2 Å². The molecule has 0 unspecified atom stereocenters. The van der Waals surface area contributed by atoms with Gasteiger partial charge in [-0.2, -0.15) is 0 Å². The van der Waals surface area contributed by atoms with Crippen LogP contribution in [0.15, 0.2) is 0 Å². The molecule has 0 aromatic heterocycles. The molecule has 0 aliphatic rings. The summed E-state index contributed by atoms with van der Waals surface area (Å²) in [6.07, 6.45) is 0. The van der Waals surface area contributed by atoms with E-state index in [2.05, 4.69) is 0 Å². The van der Waals surface area contributed by atoms with E-state index in [1.165, 1.54) is 0 Å². The number of hydrogen-bond acceptors (Lipinski definition) is 1. The number of hydrogen-bond donors (Lipinski definition) is 1. The summed E-state index contributed by atoms with van der Waals surface area (Å²) in [5, 5.41) is 7.00. The van der Waals surface area contributed by atoms with Gasteiger partial charge in [-0.15, -0.1) is 0 Å². The van der Waals surface area contributed by atoms with Gasteiger partial charge in [-0.05, 0) is 0 Å². The van der Waals surface area contributed by atoms with Crippen LogP contribution in [0.25, 0.3) is 0 Å². The predicted molar refractivity (Wildman–Crippen MR) is 27.9 cm³/mol. The third kappa shape index (κ3) is 27.1. The molecule has 0 saturated carbocycles. The summed E-state index contributed by atoms with van der Waals surface area (Å²) in [5.41, 5.74) is 0. The van der Waals surface area contributed by atoms with Gasteiger partial charge < -0.3 is 5.02 Å². The normalized spacial score (nSPS) is 0.833. The minimum absolute atomic E-state index is 0. The average Bonchev–Trinajstić information content (AvgIpc) is 1.00. The Labute approximate surface area is 108 Å². The SMILES string of the molecule is BO.[CaH2].[Fe].[MgH2].[Zn]. The minimum Gasteiger partial charge on any atom is 0 e. The van der Waals surface area contributed by atoms with E-state index in [0.717, 1.165) is 8.05 Å². The van der Waals surface area contributed by atoms with Crippen molar-refractivity contribution >= 4 is 68.8 Å². The van der Waals surface area contributed by atoms with Crippen LogP contribution in [0, 0.1) is 0 Å². The molecule has 0 heterocycles. The van der Waals surface area contributed by atoms with Crippen molar-refractivity contribution in [1.82, 2.24) is 0 Å². The van der Waals surface area contributed by atoms with Crippen molar-refractivity contribution in [2.45, 2.75) is 0 Å². The molecule has 0 aromatic carbocycles. The molecule has 0 aliphatic carbocycles. The molecule has 1 nitrogen and oxygen atoms in total. The Bertz CT molecular complexity index is 15.5. The summed E-state index contributed by atoms with van der Waals surface area (Å²) in [7, 11) is 1.00. The van der Waals surface area contributed by atoms with Gasteiger partial charge in [-0.1, -0.05) is 0 Å². The molecule has 0 fully saturated rings. The third-order valence-corrected chi connectivity index (χ3v) is 0. The molecule has 1 N–H and O–H groups in total. The average molecular weight is 219 g/mol. The van der Waals surface area contributed by atoms with Crippen LogP contribution >= 0.6 is 0 Å². The molecule has 0 aliphatic heterocycles. The molecule has 0 radical (unpaired) electrons. The molecule has 0 bridgehead atoms. The molecule has 6 heavy (non-hydrogen) atoms. The summed E-state index contributed by atoms with van der Waals surface area (Å²) in [4.78, 5) is 0. The monoisotopic (exact) mass is 218 g/mol. The maximum absolute atomic E-state index is 7.00. The zero-order chi connectivity index (χ0) is 2.00. The van der Waals surface area contributed by atoms with E-state index in [1.807, 2.05) is 0 Å². The first-order valence-electron chi connectivity index (χ1n) is 0.447. The predicted octanol–water partition coefficient (Wildman–Crippen LogP) is -3.31. The Hall–Kier alpha value is 3.19. The van der Waals surface area contributed by atoms with E-state index in [1.54, 1.807) is 0 Å². The van der Waals surface area contributed by atoms with Crippen molar-refractivity contribution in [3.63, 3.8) is 0 Å². The maximum atomic E-state index is 7.00. The fourth-order valence-electron chi connectivity index (χ4n) is 0. The minimum atomic E-state index is 0. The van der Waals surface area contributed by atoms with Gasteiger partial charge in [0.2, 0.25) is 0 Å². The molecule has 0 saturated heterocycles. The molecular weight excluding hydrogens is 212 g/mol. The van der Waals surface area contributed by atoms with Crippen molar-refractivity contribution in [2.24, 2.45) is 0 Å². The van der Waals surface area contributed by atoms with Gasteiger partial charge in [-0.25, -0.2) is 0 Å². The molecule has 0 rings (SSSR count). The Morgan fingerprint density at radius 1 is 1.17 bits per heavy atom. The largest absolute Gasteiger partial charge is 0.316 e. The van der Waals surface area contributed by atoms with E-state index in [0.29, 0.717) is 0 Å². The molecule has 0 atom stereocenters. The quantitative estimate of drug-likeness (QED) is 0.423. The van der Waals surface area contributed by atoms with Crippen LogP contribution in [0.1, 0.15) is 0 Å². The van der Waals surface area contributed by atoms with Gasteiger partial charge in [0.1, 0.15) is 0 Å². The Morgan fingerprint density at radius 3 is 1.17 bits per heavy atom. The van der Waals surface area contributed by atoms with Crippen molar-refractivity contribution in [2.75, 3.05) is 0 Å². The molecular formula is H7BCaFeMgOZn. The number of rotatable bonds is 0. The Morgan fingerprint density at radius 2 is 1.17 bits per heavy atom. The second kappa shape index (κ2) is 41.6. The van der Waals surface area contributed by atoms with Gasteiger partial charge in [0, 0.05) is 36.5 Å². The van der Waals surface area contributed by atoms with Crippen LogP contribution in [-0.2, 0) is 36.5 Å². The zero-order valence-corrected chi connectivity index (χ0v) is 6.58. The van der Waals surface area contributed by atoms with E-state index < -0.39 is 0 Å². The third-order valence-electron chi connectivity index (χ3n) is 0. The summed E-state index contributed by atoms with van der Waals surface area (Å²) < 4.78 is 0. The Kier molecular flexibility index (Phi) is 243. The second-order valence-electron chi connectivity index (χ2n) is 0. The molecule has 0 amide bonds. The standard InChI is InChI=1S/BH3O.Ca.Fe.Mg.Zn.4H/c1-2;;;;;;;;/h2H,1H2;;;;;;;;. The van der Waals surface area contributed by atoms with Crippen molar-refractivity contribution in [3.05, 3.63) is 0 Å². The van der Waals surface area contributed by atoms with E-state index >= 15 is 0 Å². The zero-order valence-electron chi connectivity index (χ0n) is 2.51. The molecule has 30 valence electrons. The van der Waals surface area contributed by atoms with Crippen LogP contribution in [-0.4, -0.2) is 73.9 Å².